The van der Waals surface area contributed by atoms with Gasteiger partial charge in [-0.1, -0.05) is 40.2 Å². The van der Waals surface area contributed by atoms with E-state index in [0.29, 0.717) is 5.92 Å². The molecule has 1 rings (SSSR count). The van der Waals surface area contributed by atoms with Crippen LogP contribution in [-0.4, -0.2) is 4.98 Å². The largest absolute Gasteiger partial charge is 0.257 e. The Hall–Kier alpha value is -1.62. The summed E-state index contributed by atoms with van der Waals surface area (Å²) in [4.78, 5) is 4.55. The van der Waals surface area contributed by atoms with E-state index in [1.807, 2.05) is 26.8 Å². The predicted molar refractivity (Wildman–Crippen MR) is 96.2 cm³/mol. The second-order valence-electron chi connectivity index (χ2n) is 5.70. The van der Waals surface area contributed by atoms with Crippen LogP contribution in [0, 0.1) is 25.2 Å². The van der Waals surface area contributed by atoms with Crippen LogP contribution in [0.2, 0.25) is 0 Å². The monoisotopic (exact) mass is 300 g/mol. The zero-order chi connectivity index (χ0) is 17.1. The van der Waals surface area contributed by atoms with Gasteiger partial charge in [-0.05, 0) is 56.6 Å². The van der Waals surface area contributed by atoms with Crippen LogP contribution >= 0.6 is 0 Å². The summed E-state index contributed by atoms with van der Waals surface area (Å²) in [6.07, 6.45) is 7.54. The molecule has 2 nitrogen and oxygen atoms in total. The summed E-state index contributed by atoms with van der Waals surface area (Å²) in [7, 11) is 0. The minimum atomic E-state index is 0.415. The number of allylic oxidation sites excluding steroid dienone is 1. The maximum absolute atomic E-state index is 9.43. The molecule has 1 aromatic heterocycles. The number of aromatic nitrogens is 1. The van der Waals surface area contributed by atoms with Crippen molar-refractivity contribution < 1.29 is 0 Å². The smallest absolute Gasteiger partial charge is 0.101 e. The number of aryl methyl sites for hydroxylation is 2. The molecular weight excluding hydrogens is 268 g/mol. The highest BCUT2D eigenvalue weighted by atomic mass is 14.7. The summed E-state index contributed by atoms with van der Waals surface area (Å²) in [5.74, 6) is 0.415. The van der Waals surface area contributed by atoms with Gasteiger partial charge in [0.25, 0.3) is 0 Å². The molecule has 122 valence electrons. The van der Waals surface area contributed by atoms with E-state index >= 15 is 0 Å². The third kappa shape index (κ3) is 5.64. The summed E-state index contributed by atoms with van der Waals surface area (Å²) in [5.41, 5.74) is 5.25. The minimum Gasteiger partial charge on any atom is -0.257 e. The van der Waals surface area contributed by atoms with E-state index < -0.39 is 0 Å². The molecule has 0 spiro atoms. The third-order valence-corrected chi connectivity index (χ3v) is 3.74. The van der Waals surface area contributed by atoms with E-state index in [1.54, 1.807) is 0 Å². The Labute approximate surface area is 137 Å². The first-order chi connectivity index (χ1) is 10.5. The zero-order valence-corrected chi connectivity index (χ0v) is 15.3. The van der Waals surface area contributed by atoms with Gasteiger partial charge in [0, 0.05) is 5.69 Å². The van der Waals surface area contributed by atoms with Crippen LogP contribution in [0.25, 0.3) is 0 Å². The van der Waals surface area contributed by atoms with Crippen molar-refractivity contribution in [2.24, 2.45) is 0 Å². The van der Waals surface area contributed by atoms with Crippen LogP contribution in [0.4, 0.5) is 0 Å². The maximum Gasteiger partial charge on any atom is 0.101 e. The standard InChI is InChI=1S/C18H26N2.C2H6/c1-6-7-8-9-10-11-16-17(12-19)14(4)20-15(5)18(16)13(2)3;1-2/h6,13H,1,7-11H2,2-5H3;1-2H3. The van der Waals surface area contributed by atoms with Crippen molar-refractivity contribution in [1.82, 2.24) is 4.98 Å². The van der Waals surface area contributed by atoms with E-state index in [2.05, 4.69) is 38.4 Å². The van der Waals surface area contributed by atoms with Crippen LogP contribution in [0.1, 0.15) is 87.4 Å². The summed E-state index contributed by atoms with van der Waals surface area (Å²) >= 11 is 0. The number of nitriles is 1. The van der Waals surface area contributed by atoms with Gasteiger partial charge in [-0.15, -0.1) is 6.58 Å². The number of hydrogen-bond acceptors (Lipinski definition) is 2. The second-order valence-corrected chi connectivity index (χ2v) is 5.70. The van der Waals surface area contributed by atoms with E-state index in [0.717, 1.165) is 36.2 Å². The molecule has 0 N–H and O–H groups in total. The average molecular weight is 300 g/mol. The number of hydrogen-bond donors (Lipinski definition) is 0. The molecule has 0 saturated heterocycles. The molecule has 0 unspecified atom stereocenters. The number of rotatable bonds is 7. The molecule has 0 radical (unpaired) electrons. The molecule has 0 atom stereocenters. The van der Waals surface area contributed by atoms with Gasteiger partial charge in [0.15, 0.2) is 0 Å². The Kier molecular flexibility index (Phi) is 10.2. The first kappa shape index (κ1) is 20.4. The molecule has 2 heteroatoms. The van der Waals surface area contributed by atoms with Gasteiger partial charge < -0.3 is 0 Å². The van der Waals surface area contributed by atoms with E-state index in [9.17, 15) is 5.26 Å². The van der Waals surface area contributed by atoms with Gasteiger partial charge >= 0.3 is 0 Å². The van der Waals surface area contributed by atoms with Crippen LogP contribution in [0.5, 0.6) is 0 Å². The lowest BCUT2D eigenvalue weighted by Gasteiger charge is -2.18. The Morgan fingerprint density at radius 2 is 1.77 bits per heavy atom. The molecule has 0 aromatic carbocycles. The number of nitrogens with zero attached hydrogens (tertiary/aromatic N) is 2. The first-order valence-electron chi connectivity index (χ1n) is 8.53. The van der Waals surface area contributed by atoms with Gasteiger partial charge in [-0.2, -0.15) is 5.26 Å². The van der Waals surface area contributed by atoms with Crippen LogP contribution in [-0.2, 0) is 6.42 Å². The lowest BCUT2D eigenvalue weighted by Crippen LogP contribution is -2.08. The van der Waals surface area contributed by atoms with Crippen molar-refractivity contribution in [2.45, 2.75) is 79.6 Å². The average Bonchev–Trinajstić information content (AvgIpc) is 2.48. The fraction of sp³-hybridized carbons (Fsp3) is 0.600. The summed E-state index contributed by atoms with van der Waals surface area (Å²) < 4.78 is 0. The molecular formula is C20H32N2. The molecule has 22 heavy (non-hydrogen) atoms. The summed E-state index contributed by atoms with van der Waals surface area (Å²) in [6, 6.07) is 2.36. The number of unbranched alkanes of at least 4 members (excludes halogenated alkanes) is 3. The molecule has 1 heterocycles. The highest BCUT2D eigenvalue weighted by Gasteiger charge is 2.17. The van der Waals surface area contributed by atoms with E-state index in [1.165, 1.54) is 24.0 Å². The molecule has 0 aliphatic rings. The molecule has 0 fully saturated rings. The Bertz CT molecular complexity index is 507. The van der Waals surface area contributed by atoms with Crippen LogP contribution < -0.4 is 0 Å². The Balaban J connectivity index is 0.00000211. The van der Waals surface area contributed by atoms with Gasteiger partial charge in [-0.25, -0.2) is 0 Å². The van der Waals surface area contributed by atoms with Crippen molar-refractivity contribution in [2.75, 3.05) is 0 Å². The van der Waals surface area contributed by atoms with Crippen molar-refractivity contribution in [1.29, 1.82) is 5.26 Å². The predicted octanol–water partition coefficient (Wildman–Crippen LogP) is 6.01. The summed E-state index contributed by atoms with van der Waals surface area (Å²) in [6.45, 7) is 16.1. The van der Waals surface area contributed by atoms with Crippen LogP contribution in [0.15, 0.2) is 12.7 Å². The molecule has 0 bridgehead atoms. The highest BCUT2D eigenvalue weighted by Crippen LogP contribution is 2.28. The molecule has 0 aliphatic heterocycles. The topological polar surface area (TPSA) is 36.7 Å². The fourth-order valence-corrected chi connectivity index (χ4v) is 2.88. The van der Waals surface area contributed by atoms with Gasteiger partial charge in [0.05, 0.1) is 11.3 Å². The quantitative estimate of drug-likeness (QED) is 0.457. The second kappa shape index (κ2) is 11.0. The molecule has 0 aliphatic carbocycles. The van der Waals surface area contributed by atoms with Crippen molar-refractivity contribution in [3.63, 3.8) is 0 Å². The Morgan fingerprint density at radius 1 is 1.14 bits per heavy atom. The van der Waals surface area contributed by atoms with Crippen molar-refractivity contribution in [3.05, 3.63) is 40.7 Å². The van der Waals surface area contributed by atoms with E-state index in [4.69, 9.17) is 0 Å². The minimum absolute atomic E-state index is 0.415. The fourth-order valence-electron chi connectivity index (χ4n) is 2.88. The third-order valence-electron chi connectivity index (χ3n) is 3.74. The van der Waals surface area contributed by atoms with E-state index in [-0.39, 0.29) is 0 Å². The van der Waals surface area contributed by atoms with Crippen molar-refractivity contribution >= 4 is 0 Å². The van der Waals surface area contributed by atoms with Gasteiger partial charge in [0.1, 0.15) is 6.07 Å². The SMILES string of the molecule is C=CCCCCCc1c(C#N)c(C)nc(C)c1C(C)C.CC. The highest BCUT2D eigenvalue weighted by molar-refractivity contribution is 5.48. The number of pyridine rings is 1. The summed E-state index contributed by atoms with van der Waals surface area (Å²) in [5, 5.41) is 9.43. The lowest BCUT2D eigenvalue weighted by molar-refractivity contribution is 0.676. The molecule has 0 saturated carbocycles. The first-order valence-corrected chi connectivity index (χ1v) is 8.53. The Morgan fingerprint density at radius 3 is 2.27 bits per heavy atom. The molecule has 0 amide bonds. The van der Waals surface area contributed by atoms with Gasteiger partial charge in [0.2, 0.25) is 0 Å². The normalized spacial score (nSPS) is 9.91. The van der Waals surface area contributed by atoms with Crippen molar-refractivity contribution in [3.8, 4) is 6.07 Å². The van der Waals surface area contributed by atoms with Gasteiger partial charge in [-0.3, -0.25) is 4.98 Å². The zero-order valence-electron chi connectivity index (χ0n) is 15.3. The maximum atomic E-state index is 9.43. The molecule has 1 aromatic rings. The lowest BCUT2D eigenvalue weighted by atomic mass is 9.89. The van der Waals surface area contributed by atoms with Crippen LogP contribution in [0.3, 0.4) is 0 Å².